The predicted molar refractivity (Wildman–Crippen MR) is 47.3 cm³/mol. The van der Waals surface area contributed by atoms with Crippen molar-refractivity contribution in [2.45, 2.75) is 45.2 Å². The molecule has 0 radical (unpaired) electrons. The quantitative estimate of drug-likeness (QED) is 0.709. The molecule has 0 aliphatic heterocycles. The molecular weight excluding hydrogens is 170 g/mol. The smallest absolute Gasteiger partial charge is 0.326 e. The molecule has 13 heavy (non-hydrogen) atoms. The van der Waals surface area contributed by atoms with Crippen molar-refractivity contribution in [2.75, 3.05) is 0 Å². The summed E-state index contributed by atoms with van der Waals surface area (Å²) in [6.07, 6.45) is 2.98. The van der Waals surface area contributed by atoms with Crippen molar-refractivity contribution in [3.63, 3.8) is 0 Å². The highest BCUT2D eigenvalue weighted by Gasteiger charge is 2.33. The molecular formula is C9H15NO3. The minimum Gasteiger partial charge on any atom is -0.480 e. The Kier molecular flexibility index (Phi) is 2.90. The first kappa shape index (κ1) is 10.0. The number of hydrogen-bond acceptors (Lipinski definition) is 2. The molecule has 74 valence electrons. The fourth-order valence-electron chi connectivity index (χ4n) is 1.63. The van der Waals surface area contributed by atoms with E-state index in [0.717, 1.165) is 19.3 Å². The first-order chi connectivity index (χ1) is 6.04. The van der Waals surface area contributed by atoms with E-state index in [0.29, 0.717) is 0 Å². The summed E-state index contributed by atoms with van der Waals surface area (Å²) >= 11 is 0. The van der Waals surface area contributed by atoms with Crippen LogP contribution in [0.25, 0.3) is 0 Å². The lowest BCUT2D eigenvalue weighted by atomic mass is 9.90. The van der Waals surface area contributed by atoms with Gasteiger partial charge >= 0.3 is 5.97 Å². The van der Waals surface area contributed by atoms with Gasteiger partial charge in [0.1, 0.15) is 6.04 Å². The summed E-state index contributed by atoms with van der Waals surface area (Å²) in [5.41, 5.74) is 0. The lowest BCUT2D eigenvalue weighted by molar-refractivity contribution is -0.152. The summed E-state index contributed by atoms with van der Waals surface area (Å²) in [6, 6.07) is -0.536. The van der Waals surface area contributed by atoms with Gasteiger partial charge in [0.05, 0.1) is 0 Å². The van der Waals surface area contributed by atoms with Crippen LogP contribution < -0.4 is 0 Å². The number of aliphatic carboxylic acids is 1. The number of hydrogen-bond donors (Lipinski definition) is 1. The number of amides is 1. The molecule has 1 aliphatic carbocycles. The molecule has 0 aromatic carbocycles. The summed E-state index contributed by atoms with van der Waals surface area (Å²) < 4.78 is 0. The molecule has 1 aliphatic rings. The molecule has 1 atom stereocenters. The third kappa shape index (κ3) is 1.99. The summed E-state index contributed by atoms with van der Waals surface area (Å²) in [7, 11) is 0. The molecule has 1 rings (SSSR count). The largest absolute Gasteiger partial charge is 0.480 e. The molecule has 0 aromatic heterocycles. The fourth-order valence-corrected chi connectivity index (χ4v) is 1.63. The molecule has 1 saturated carbocycles. The van der Waals surface area contributed by atoms with E-state index in [1.165, 1.54) is 11.8 Å². The van der Waals surface area contributed by atoms with Crippen LogP contribution in [0.3, 0.4) is 0 Å². The number of carboxylic acids is 1. The molecule has 0 spiro atoms. The number of carboxylic acid groups (broad SMARTS) is 1. The van der Waals surface area contributed by atoms with Crippen LogP contribution in [0.2, 0.25) is 0 Å². The second-order valence-electron chi connectivity index (χ2n) is 3.53. The Hall–Kier alpha value is -1.06. The van der Waals surface area contributed by atoms with Crippen LogP contribution in [0.1, 0.15) is 33.1 Å². The molecule has 1 amide bonds. The highest BCUT2D eigenvalue weighted by Crippen LogP contribution is 2.26. The van der Waals surface area contributed by atoms with Crippen LogP contribution in [0.15, 0.2) is 0 Å². The Labute approximate surface area is 77.5 Å². The second-order valence-corrected chi connectivity index (χ2v) is 3.53. The minimum absolute atomic E-state index is 0.139. The normalized spacial score (nSPS) is 18.9. The van der Waals surface area contributed by atoms with Crippen LogP contribution in [-0.4, -0.2) is 34.0 Å². The van der Waals surface area contributed by atoms with Crippen LogP contribution in [-0.2, 0) is 9.59 Å². The van der Waals surface area contributed by atoms with Gasteiger partial charge < -0.3 is 10.0 Å². The fraction of sp³-hybridized carbons (Fsp3) is 0.778. The van der Waals surface area contributed by atoms with Crippen molar-refractivity contribution in [3.8, 4) is 0 Å². The highest BCUT2D eigenvalue weighted by atomic mass is 16.4. The van der Waals surface area contributed by atoms with Gasteiger partial charge in [0.25, 0.3) is 0 Å². The summed E-state index contributed by atoms with van der Waals surface area (Å²) in [4.78, 5) is 23.4. The van der Waals surface area contributed by atoms with Crippen molar-refractivity contribution >= 4 is 11.9 Å². The van der Waals surface area contributed by atoms with Gasteiger partial charge in [-0.3, -0.25) is 4.79 Å². The molecule has 0 saturated heterocycles. The van der Waals surface area contributed by atoms with Crippen molar-refractivity contribution in [2.24, 2.45) is 0 Å². The van der Waals surface area contributed by atoms with Gasteiger partial charge in [-0.2, -0.15) is 0 Å². The number of rotatable bonds is 3. The third-order valence-electron chi connectivity index (χ3n) is 2.61. The van der Waals surface area contributed by atoms with Crippen molar-refractivity contribution in [1.82, 2.24) is 4.90 Å². The molecule has 1 N–H and O–H groups in total. The Morgan fingerprint density at radius 2 is 2.00 bits per heavy atom. The van der Waals surface area contributed by atoms with Gasteiger partial charge in [-0.05, 0) is 26.2 Å². The zero-order valence-electron chi connectivity index (χ0n) is 7.99. The zero-order valence-corrected chi connectivity index (χ0v) is 7.99. The SMILES string of the molecule is CC(=O)N(C1CCC1)C(C)C(=O)O. The molecule has 1 fully saturated rings. The molecule has 0 bridgehead atoms. The van der Waals surface area contributed by atoms with Gasteiger partial charge in [0, 0.05) is 13.0 Å². The zero-order chi connectivity index (χ0) is 10.0. The molecule has 0 aromatic rings. The first-order valence-electron chi connectivity index (χ1n) is 4.55. The van der Waals surface area contributed by atoms with E-state index in [1.807, 2.05) is 0 Å². The Morgan fingerprint density at radius 3 is 2.23 bits per heavy atom. The average Bonchev–Trinajstić information content (AvgIpc) is 1.94. The van der Waals surface area contributed by atoms with Gasteiger partial charge in [-0.15, -0.1) is 0 Å². The summed E-state index contributed by atoms with van der Waals surface area (Å²) in [5.74, 6) is -1.07. The van der Waals surface area contributed by atoms with E-state index in [4.69, 9.17) is 5.11 Å². The first-order valence-corrected chi connectivity index (χ1v) is 4.55. The van der Waals surface area contributed by atoms with Gasteiger partial charge in [-0.1, -0.05) is 0 Å². The van der Waals surface area contributed by atoms with Crippen LogP contribution in [0.5, 0.6) is 0 Å². The maximum atomic E-state index is 11.2. The van der Waals surface area contributed by atoms with E-state index >= 15 is 0 Å². The van der Waals surface area contributed by atoms with E-state index in [2.05, 4.69) is 0 Å². The van der Waals surface area contributed by atoms with Gasteiger partial charge in [0.15, 0.2) is 0 Å². The van der Waals surface area contributed by atoms with Crippen molar-refractivity contribution < 1.29 is 14.7 Å². The highest BCUT2D eigenvalue weighted by molar-refractivity contribution is 5.82. The lowest BCUT2D eigenvalue weighted by Crippen LogP contribution is -2.51. The topological polar surface area (TPSA) is 57.6 Å². The number of nitrogens with zero attached hydrogens (tertiary/aromatic N) is 1. The standard InChI is InChI=1S/C9H15NO3/c1-6(9(12)13)10(7(2)11)8-4-3-5-8/h6,8H,3-5H2,1-2H3,(H,12,13). The van der Waals surface area contributed by atoms with Crippen LogP contribution in [0, 0.1) is 0 Å². The monoisotopic (exact) mass is 185 g/mol. The molecule has 4 nitrogen and oxygen atoms in total. The molecule has 0 heterocycles. The molecule has 1 unspecified atom stereocenters. The average molecular weight is 185 g/mol. The Bertz CT molecular complexity index is 223. The van der Waals surface area contributed by atoms with E-state index in [1.54, 1.807) is 6.92 Å². The van der Waals surface area contributed by atoms with Crippen LogP contribution >= 0.6 is 0 Å². The van der Waals surface area contributed by atoms with Crippen LogP contribution in [0.4, 0.5) is 0 Å². The van der Waals surface area contributed by atoms with Gasteiger partial charge in [-0.25, -0.2) is 4.79 Å². The van der Waals surface area contributed by atoms with E-state index < -0.39 is 12.0 Å². The van der Waals surface area contributed by atoms with Gasteiger partial charge in [0.2, 0.25) is 5.91 Å². The number of carbonyl (C=O) groups excluding carboxylic acids is 1. The Balaban J connectivity index is 2.66. The third-order valence-corrected chi connectivity index (χ3v) is 2.61. The van der Waals surface area contributed by atoms with Crippen molar-refractivity contribution in [1.29, 1.82) is 0 Å². The Morgan fingerprint density at radius 1 is 1.46 bits per heavy atom. The lowest BCUT2D eigenvalue weighted by Gasteiger charge is -2.39. The van der Waals surface area contributed by atoms with Crippen molar-refractivity contribution in [3.05, 3.63) is 0 Å². The number of carbonyl (C=O) groups is 2. The predicted octanol–water partition coefficient (Wildman–Crippen LogP) is 0.861. The maximum absolute atomic E-state index is 11.2. The van der Waals surface area contributed by atoms with E-state index in [-0.39, 0.29) is 11.9 Å². The maximum Gasteiger partial charge on any atom is 0.326 e. The second kappa shape index (κ2) is 3.77. The summed E-state index contributed by atoms with van der Waals surface area (Å²) in [5, 5.41) is 8.78. The van der Waals surface area contributed by atoms with E-state index in [9.17, 15) is 9.59 Å². The summed E-state index contributed by atoms with van der Waals surface area (Å²) in [6.45, 7) is 2.99. The molecule has 4 heteroatoms. The minimum atomic E-state index is -0.929.